The first-order valence-electron chi connectivity index (χ1n) is 8.89. The summed E-state index contributed by atoms with van der Waals surface area (Å²) in [7, 11) is -3.43. The van der Waals surface area contributed by atoms with Gasteiger partial charge in [-0.3, -0.25) is 0 Å². The summed E-state index contributed by atoms with van der Waals surface area (Å²) in [6.45, 7) is 2.57. The zero-order chi connectivity index (χ0) is 20.7. The van der Waals surface area contributed by atoms with E-state index in [9.17, 15) is 8.42 Å². The Hall–Kier alpha value is -2.75. The van der Waals surface area contributed by atoms with Crippen LogP contribution in [0, 0.1) is 6.92 Å². The first-order valence-corrected chi connectivity index (χ1v) is 10.9. The molecule has 1 aromatic carbocycles. The van der Waals surface area contributed by atoms with Crippen molar-refractivity contribution in [2.75, 3.05) is 23.7 Å². The minimum Gasteiger partial charge on any atom is -0.367 e. The average Bonchev–Trinajstić information content (AvgIpc) is 2.70. The van der Waals surface area contributed by atoms with Crippen molar-refractivity contribution in [1.29, 1.82) is 0 Å². The van der Waals surface area contributed by atoms with E-state index in [2.05, 4.69) is 30.5 Å². The molecular formula is C19H21ClN6O2S. The van der Waals surface area contributed by atoms with Crippen LogP contribution in [0.5, 0.6) is 0 Å². The maximum absolute atomic E-state index is 12.1. The smallest absolute Gasteiger partial charge is 0.215 e. The molecule has 29 heavy (non-hydrogen) atoms. The van der Waals surface area contributed by atoms with E-state index < -0.39 is 10.0 Å². The van der Waals surface area contributed by atoms with Crippen molar-refractivity contribution in [3.05, 3.63) is 70.9 Å². The third-order valence-corrected chi connectivity index (χ3v) is 5.46. The van der Waals surface area contributed by atoms with Crippen molar-refractivity contribution < 1.29 is 8.42 Å². The van der Waals surface area contributed by atoms with Crippen molar-refractivity contribution in [2.24, 2.45) is 0 Å². The maximum Gasteiger partial charge on any atom is 0.215 e. The van der Waals surface area contributed by atoms with E-state index >= 15 is 0 Å². The number of nitrogens with one attached hydrogen (secondary N) is 3. The predicted molar refractivity (Wildman–Crippen MR) is 115 cm³/mol. The normalized spacial score (nSPS) is 11.2. The molecule has 0 spiro atoms. The summed E-state index contributed by atoms with van der Waals surface area (Å²) in [4.78, 5) is 4.25. The van der Waals surface area contributed by atoms with E-state index in [4.69, 9.17) is 11.6 Å². The summed E-state index contributed by atoms with van der Waals surface area (Å²) in [5.74, 6) is 1.69. The van der Waals surface area contributed by atoms with E-state index in [1.807, 2.05) is 19.1 Å². The second kappa shape index (κ2) is 9.64. The Labute approximate surface area is 174 Å². The molecule has 0 saturated carbocycles. The van der Waals surface area contributed by atoms with Gasteiger partial charge in [-0.2, -0.15) is 0 Å². The zero-order valence-corrected chi connectivity index (χ0v) is 17.3. The van der Waals surface area contributed by atoms with Crippen molar-refractivity contribution in [1.82, 2.24) is 19.9 Å². The van der Waals surface area contributed by atoms with Gasteiger partial charge in [-0.25, -0.2) is 18.1 Å². The lowest BCUT2D eigenvalue weighted by Crippen LogP contribution is -2.30. The molecule has 0 radical (unpaired) electrons. The highest BCUT2D eigenvalue weighted by atomic mass is 35.5. The van der Waals surface area contributed by atoms with Crippen LogP contribution in [0.3, 0.4) is 0 Å². The summed E-state index contributed by atoms with van der Waals surface area (Å²) >= 11 is 5.81. The Morgan fingerprint density at radius 2 is 1.59 bits per heavy atom. The molecule has 0 aliphatic carbocycles. The molecule has 0 atom stereocenters. The monoisotopic (exact) mass is 432 g/mol. The molecule has 2 aromatic heterocycles. The fourth-order valence-corrected chi connectivity index (χ4v) is 3.69. The lowest BCUT2D eigenvalue weighted by atomic mass is 10.2. The first kappa shape index (κ1) is 21.0. The number of rotatable bonds is 9. The maximum atomic E-state index is 12.1. The number of anilines is 3. The Morgan fingerprint density at radius 3 is 2.24 bits per heavy atom. The molecular weight excluding hydrogens is 412 g/mol. The van der Waals surface area contributed by atoms with Crippen LogP contribution < -0.4 is 15.4 Å². The van der Waals surface area contributed by atoms with Crippen LogP contribution in [0.15, 0.2) is 54.7 Å². The lowest BCUT2D eigenvalue weighted by molar-refractivity contribution is 0.582. The molecule has 0 bridgehead atoms. The molecule has 3 aromatic rings. The molecule has 10 heteroatoms. The first-order chi connectivity index (χ1) is 13.9. The van der Waals surface area contributed by atoms with Gasteiger partial charge in [-0.1, -0.05) is 29.8 Å². The molecule has 0 amide bonds. The van der Waals surface area contributed by atoms with Gasteiger partial charge in [0.25, 0.3) is 0 Å². The van der Waals surface area contributed by atoms with Crippen molar-refractivity contribution in [2.45, 2.75) is 12.7 Å². The molecule has 3 rings (SSSR count). The summed E-state index contributed by atoms with van der Waals surface area (Å²) in [6, 6.07) is 14.0. The topological polar surface area (TPSA) is 109 Å². The largest absolute Gasteiger partial charge is 0.367 e. The minimum absolute atomic E-state index is 0.0998. The van der Waals surface area contributed by atoms with Crippen LogP contribution >= 0.6 is 11.6 Å². The molecule has 0 unspecified atom stereocenters. The quantitative estimate of drug-likeness (QED) is 0.445. The van der Waals surface area contributed by atoms with Gasteiger partial charge in [0.2, 0.25) is 10.0 Å². The number of pyridine rings is 1. The Balaban J connectivity index is 1.43. The van der Waals surface area contributed by atoms with Gasteiger partial charge >= 0.3 is 0 Å². The number of halogens is 1. The highest BCUT2D eigenvalue weighted by Gasteiger charge is 2.10. The average molecular weight is 433 g/mol. The van der Waals surface area contributed by atoms with Crippen molar-refractivity contribution >= 4 is 39.1 Å². The van der Waals surface area contributed by atoms with Gasteiger partial charge < -0.3 is 10.6 Å². The molecule has 0 saturated heterocycles. The fourth-order valence-electron chi connectivity index (χ4n) is 2.41. The van der Waals surface area contributed by atoms with E-state index in [-0.39, 0.29) is 12.3 Å². The Bertz CT molecular complexity index is 1030. The second-order valence-corrected chi connectivity index (χ2v) is 8.60. The van der Waals surface area contributed by atoms with E-state index in [1.54, 1.807) is 42.6 Å². The molecule has 0 aliphatic rings. The van der Waals surface area contributed by atoms with Gasteiger partial charge in [0.1, 0.15) is 11.6 Å². The standard InChI is InChI=1S/C19H21ClN6O2S/c1-14-2-7-17(22-12-14)24-19-9-8-18(25-26-19)21-10-11-23-29(27,28)13-15-3-5-16(20)6-4-15/h2-9,12,23H,10-11,13H2,1H3,(H,21,25)(H,22,24,26). The second-order valence-electron chi connectivity index (χ2n) is 6.36. The molecule has 2 heterocycles. The van der Waals surface area contributed by atoms with Crippen LogP contribution in [0.2, 0.25) is 5.02 Å². The highest BCUT2D eigenvalue weighted by molar-refractivity contribution is 7.88. The molecule has 0 fully saturated rings. The summed E-state index contributed by atoms with van der Waals surface area (Å²) in [5, 5.41) is 14.8. The van der Waals surface area contributed by atoms with Gasteiger partial charge in [-0.05, 0) is 48.4 Å². The number of hydrogen-bond acceptors (Lipinski definition) is 7. The third-order valence-electron chi connectivity index (χ3n) is 3.86. The number of hydrogen-bond donors (Lipinski definition) is 3. The molecule has 3 N–H and O–H groups in total. The fraction of sp³-hybridized carbons (Fsp3) is 0.211. The SMILES string of the molecule is Cc1ccc(Nc2ccc(NCCNS(=O)(=O)Cc3ccc(Cl)cc3)nn2)nc1. The summed E-state index contributed by atoms with van der Waals surface area (Å²) < 4.78 is 26.8. The Morgan fingerprint density at radius 1 is 0.897 bits per heavy atom. The van der Waals surface area contributed by atoms with E-state index in [1.165, 1.54) is 0 Å². The zero-order valence-electron chi connectivity index (χ0n) is 15.8. The third kappa shape index (κ3) is 6.97. The lowest BCUT2D eigenvalue weighted by Gasteiger charge is -2.09. The van der Waals surface area contributed by atoms with Crippen LogP contribution in [-0.4, -0.2) is 36.7 Å². The van der Waals surface area contributed by atoms with Gasteiger partial charge in [0, 0.05) is 24.3 Å². The van der Waals surface area contributed by atoms with E-state index in [0.29, 0.717) is 34.6 Å². The van der Waals surface area contributed by atoms with Crippen LogP contribution in [0.4, 0.5) is 17.5 Å². The molecule has 0 aliphatic heterocycles. The van der Waals surface area contributed by atoms with E-state index in [0.717, 1.165) is 5.56 Å². The summed E-state index contributed by atoms with van der Waals surface area (Å²) in [6.07, 6.45) is 1.76. The number of aryl methyl sites for hydroxylation is 1. The predicted octanol–water partition coefficient (Wildman–Crippen LogP) is 3.11. The molecule has 8 nitrogen and oxygen atoms in total. The van der Waals surface area contributed by atoms with Crippen molar-refractivity contribution in [3.8, 4) is 0 Å². The number of sulfonamides is 1. The number of aromatic nitrogens is 3. The van der Waals surface area contributed by atoms with Crippen molar-refractivity contribution in [3.63, 3.8) is 0 Å². The van der Waals surface area contributed by atoms with Crippen LogP contribution in [-0.2, 0) is 15.8 Å². The van der Waals surface area contributed by atoms with Gasteiger partial charge in [-0.15, -0.1) is 10.2 Å². The number of benzene rings is 1. The van der Waals surface area contributed by atoms with Gasteiger partial charge in [0.15, 0.2) is 5.82 Å². The highest BCUT2D eigenvalue weighted by Crippen LogP contribution is 2.13. The Kier molecular flexibility index (Phi) is 6.97. The summed E-state index contributed by atoms with van der Waals surface area (Å²) in [5.41, 5.74) is 1.75. The minimum atomic E-state index is -3.43. The van der Waals surface area contributed by atoms with Crippen LogP contribution in [0.25, 0.3) is 0 Å². The number of nitrogens with zero attached hydrogens (tertiary/aromatic N) is 3. The van der Waals surface area contributed by atoms with Gasteiger partial charge in [0.05, 0.1) is 5.75 Å². The molecule has 152 valence electrons. The van der Waals surface area contributed by atoms with Crippen LogP contribution in [0.1, 0.15) is 11.1 Å².